The van der Waals surface area contributed by atoms with Crippen molar-refractivity contribution in [2.45, 2.75) is 13.5 Å². The van der Waals surface area contributed by atoms with Crippen molar-refractivity contribution in [2.75, 3.05) is 11.1 Å². The standard InChI is InChI=1S/C13H14N4O2/c1-9-7-10(14)3-4-11(9)16-12(18)8-17-6-2-5-15-13(17)19/h2-7H,8,14H2,1H3,(H,16,18). The van der Waals surface area contributed by atoms with Crippen molar-refractivity contribution in [2.24, 2.45) is 0 Å². The van der Waals surface area contributed by atoms with Gasteiger partial charge in [0.1, 0.15) is 6.54 Å². The summed E-state index contributed by atoms with van der Waals surface area (Å²) < 4.78 is 1.24. The van der Waals surface area contributed by atoms with Crippen molar-refractivity contribution in [1.82, 2.24) is 9.55 Å². The van der Waals surface area contributed by atoms with Crippen LogP contribution in [0.2, 0.25) is 0 Å². The Morgan fingerprint density at radius 3 is 2.95 bits per heavy atom. The second kappa shape index (κ2) is 5.34. The monoisotopic (exact) mass is 258 g/mol. The first-order valence-corrected chi connectivity index (χ1v) is 5.74. The quantitative estimate of drug-likeness (QED) is 0.796. The lowest BCUT2D eigenvalue weighted by molar-refractivity contribution is -0.116. The van der Waals surface area contributed by atoms with Crippen LogP contribution in [-0.4, -0.2) is 15.5 Å². The zero-order chi connectivity index (χ0) is 13.8. The molecule has 0 spiro atoms. The summed E-state index contributed by atoms with van der Waals surface area (Å²) in [7, 11) is 0. The molecule has 0 bridgehead atoms. The molecule has 1 aromatic heterocycles. The average molecular weight is 258 g/mol. The first kappa shape index (κ1) is 12.8. The second-order valence-corrected chi connectivity index (χ2v) is 4.15. The van der Waals surface area contributed by atoms with Crippen LogP contribution in [-0.2, 0) is 11.3 Å². The van der Waals surface area contributed by atoms with Gasteiger partial charge in [0.15, 0.2) is 0 Å². The van der Waals surface area contributed by atoms with Crippen LogP contribution in [0.15, 0.2) is 41.5 Å². The average Bonchev–Trinajstić information content (AvgIpc) is 2.36. The molecule has 0 saturated heterocycles. The normalized spacial score (nSPS) is 10.2. The number of nitrogens with one attached hydrogen (secondary N) is 1. The minimum absolute atomic E-state index is 0.0729. The third-order valence-electron chi connectivity index (χ3n) is 2.62. The van der Waals surface area contributed by atoms with Gasteiger partial charge in [-0.1, -0.05) is 0 Å². The number of amides is 1. The summed E-state index contributed by atoms with van der Waals surface area (Å²) in [5, 5.41) is 2.73. The van der Waals surface area contributed by atoms with E-state index in [1.807, 2.05) is 6.92 Å². The molecule has 0 aliphatic heterocycles. The van der Waals surface area contributed by atoms with Crippen LogP contribution in [0.25, 0.3) is 0 Å². The summed E-state index contributed by atoms with van der Waals surface area (Å²) in [4.78, 5) is 26.8. The fraction of sp³-hybridized carbons (Fsp3) is 0.154. The van der Waals surface area contributed by atoms with E-state index in [1.165, 1.54) is 17.0 Å². The minimum Gasteiger partial charge on any atom is -0.399 e. The van der Waals surface area contributed by atoms with Gasteiger partial charge in [-0.3, -0.25) is 9.36 Å². The first-order valence-electron chi connectivity index (χ1n) is 5.74. The number of carbonyl (C=O) groups excluding carboxylic acids is 1. The fourth-order valence-corrected chi connectivity index (χ4v) is 1.68. The van der Waals surface area contributed by atoms with Crippen LogP contribution in [0, 0.1) is 6.92 Å². The lowest BCUT2D eigenvalue weighted by Gasteiger charge is -2.09. The van der Waals surface area contributed by atoms with Crippen molar-refractivity contribution in [3.63, 3.8) is 0 Å². The Kier molecular flexibility index (Phi) is 3.61. The minimum atomic E-state index is -0.452. The molecule has 2 aromatic rings. The lowest BCUT2D eigenvalue weighted by Crippen LogP contribution is -2.28. The van der Waals surface area contributed by atoms with Crippen molar-refractivity contribution in [3.8, 4) is 0 Å². The Balaban J connectivity index is 2.10. The summed E-state index contributed by atoms with van der Waals surface area (Å²) >= 11 is 0. The summed E-state index contributed by atoms with van der Waals surface area (Å²) in [5.41, 5.74) is 7.37. The van der Waals surface area contributed by atoms with Crippen LogP contribution in [0.3, 0.4) is 0 Å². The highest BCUT2D eigenvalue weighted by Crippen LogP contribution is 2.17. The van der Waals surface area contributed by atoms with Crippen molar-refractivity contribution < 1.29 is 4.79 Å². The number of nitrogens with two attached hydrogens (primary N) is 1. The highest BCUT2D eigenvalue weighted by atomic mass is 16.2. The molecule has 0 atom stereocenters. The van der Waals surface area contributed by atoms with Gasteiger partial charge in [0, 0.05) is 23.8 Å². The molecular weight excluding hydrogens is 244 g/mol. The molecule has 0 fully saturated rings. The van der Waals surface area contributed by atoms with Gasteiger partial charge in [0.25, 0.3) is 0 Å². The molecule has 0 unspecified atom stereocenters. The maximum atomic E-state index is 11.8. The Morgan fingerprint density at radius 2 is 2.26 bits per heavy atom. The number of aryl methyl sites for hydroxylation is 1. The molecule has 98 valence electrons. The van der Waals surface area contributed by atoms with E-state index in [2.05, 4.69) is 10.3 Å². The fourth-order valence-electron chi connectivity index (χ4n) is 1.68. The molecule has 3 N–H and O–H groups in total. The predicted octanol–water partition coefficient (Wildman–Crippen LogP) is 0.773. The number of nitrogens with zero attached hydrogens (tertiary/aromatic N) is 2. The first-order chi connectivity index (χ1) is 9.06. The third-order valence-corrected chi connectivity index (χ3v) is 2.62. The molecule has 1 aromatic carbocycles. The highest BCUT2D eigenvalue weighted by molar-refractivity contribution is 5.91. The molecule has 6 nitrogen and oxygen atoms in total. The van der Waals surface area contributed by atoms with Crippen LogP contribution in [0.1, 0.15) is 5.56 Å². The smallest absolute Gasteiger partial charge is 0.347 e. The van der Waals surface area contributed by atoms with Crippen LogP contribution in [0.4, 0.5) is 11.4 Å². The largest absolute Gasteiger partial charge is 0.399 e. The van der Waals surface area contributed by atoms with Gasteiger partial charge in [-0.25, -0.2) is 9.78 Å². The number of benzene rings is 1. The van der Waals surface area contributed by atoms with E-state index >= 15 is 0 Å². The van der Waals surface area contributed by atoms with Gasteiger partial charge in [-0.2, -0.15) is 0 Å². The number of hydrogen-bond donors (Lipinski definition) is 2. The second-order valence-electron chi connectivity index (χ2n) is 4.15. The van der Waals surface area contributed by atoms with Gasteiger partial charge in [-0.05, 0) is 36.8 Å². The van der Waals surface area contributed by atoms with Gasteiger partial charge in [0.2, 0.25) is 5.91 Å². The van der Waals surface area contributed by atoms with Gasteiger partial charge in [0.05, 0.1) is 0 Å². The van der Waals surface area contributed by atoms with E-state index in [1.54, 1.807) is 24.3 Å². The predicted molar refractivity (Wildman–Crippen MR) is 72.7 cm³/mol. The number of carbonyl (C=O) groups is 1. The molecule has 0 aliphatic rings. The third kappa shape index (κ3) is 3.19. The van der Waals surface area contributed by atoms with E-state index in [-0.39, 0.29) is 12.5 Å². The van der Waals surface area contributed by atoms with Gasteiger partial charge >= 0.3 is 5.69 Å². The number of nitrogen functional groups attached to an aromatic ring is 1. The van der Waals surface area contributed by atoms with Gasteiger partial charge in [-0.15, -0.1) is 0 Å². The van der Waals surface area contributed by atoms with Crippen LogP contribution in [0.5, 0.6) is 0 Å². The van der Waals surface area contributed by atoms with E-state index in [9.17, 15) is 9.59 Å². The lowest BCUT2D eigenvalue weighted by atomic mass is 10.2. The number of rotatable bonds is 3. The Hall–Kier alpha value is -2.63. The SMILES string of the molecule is Cc1cc(N)ccc1NC(=O)Cn1cccnc1=O. The number of hydrogen-bond acceptors (Lipinski definition) is 4. The molecule has 1 heterocycles. The number of anilines is 2. The molecule has 0 saturated carbocycles. The Bertz CT molecular complexity index is 664. The van der Waals surface area contributed by atoms with E-state index < -0.39 is 5.69 Å². The van der Waals surface area contributed by atoms with Gasteiger partial charge < -0.3 is 11.1 Å². The summed E-state index contributed by atoms with van der Waals surface area (Å²) in [5.74, 6) is -0.289. The van der Waals surface area contributed by atoms with E-state index in [0.717, 1.165) is 5.56 Å². The zero-order valence-corrected chi connectivity index (χ0v) is 10.5. The van der Waals surface area contributed by atoms with Crippen molar-refractivity contribution >= 4 is 17.3 Å². The topological polar surface area (TPSA) is 90.0 Å². The highest BCUT2D eigenvalue weighted by Gasteiger charge is 2.06. The molecular formula is C13H14N4O2. The maximum Gasteiger partial charge on any atom is 0.347 e. The summed E-state index contributed by atoms with van der Waals surface area (Å²) in [6.07, 6.45) is 2.91. The molecule has 2 rings (SSSR count). The maximum absolute atomic E-state index is 11.8. The van der Waals surface area contributed by atoms with Crippen molar-refractivity contribution in [3.05, 3.63) is 52.7 Å². The Labute approximate surface area is 109 Å². The summed E-state index contributed by atoms with van der Waals surface area (Å²) in [6, 6.07) is 6.81. The zero-order valence-electron chi connectivity index (χ0n) is 10.5. The van der Waals surface area contributed by atoms with Crippen molar-refractivity contribution in [1.29, 1.82) is 0 Å². The van der Waals surface area contributed by atoms with E-state index in [0.29, 0.717) is 11.4 Å². The molecule has 19 heavy (non-hydrogen) atoms. The molecule has 6 heteroatoms. The van der Waals surface area contributed by atoms with Crippen LogP contribution < -0.4 is 16.7 Å². The molecule has 0 radical (unpaired) electrons. The number of aromatic nitrogens is 2. The van der Waals surface area contributed by atoms with E-state index in [4.69, 9.17) is 5.73 Å². The van der Waals surface area contributed by atoms with Crippen LogP contribution >= 0.6 is 0 Å². The Morgan fingerprint density at radius 1 is 1.47 bits per heavy atom. The summed E-state index contributed by atoms with van der Waals surface area (Å²) in [6.45, 7) is 1.78. The molecule has 1 amide bonds. The molecule has 0 aliphatic carbocycles.